The first-order valence-corrected chi connectivity index (χ1v) is 13.1. The van der Waals surface area contributed by atoms with Crippen LogP contribution in [0.15, 0.2) is 54.7 Å². The highest BCUT2D eigenvalue weighted by molar-refractivity contribution is 6.03. The minimum Gasteiger partial charge on any atom is -0.394 e. The van der Waals surface area contributed by atoms with Gasteiger partial charge in [0.25, 0.3) is 0 Å². The Morgan fingerprint density at radius 3 is 2.16 bits per heavy atom. The molecule has 0 unspecified atom stereocenters. The fraction of sp³-hybridized carbons (Fsp3) is 0.367. The zero-order valence-corrected chi connectivity index (χ0v) is 23.3. The van der Waals surface area contributed by atoms with Crippen molar-refractivity contribution in [3.8, 4) is 17.2 Å². The van der Waals surface area contributed by atoms with Gasteiger partial charge in [0.15, 0.2) is 0 Å². The van der Waals surface area contributed by atoms with E-state index < -0.39 is 52.5 Å². The summed E-state index contributed by atoms with van der Waals surface area (Å²) < 4.78 is 81.4. The number of pyridine rings is 1. The number of aromatic nitrogens is 1. The molecule has 3 aromatic rings. The van der Waals surface area contributed by atoms with Crippen molar-refractivity contribution in [1.82, 2.24) is 4.98 Å². The molecule has 1 aromatic heterocycles. The number of amides is 1. The predicted octanol–water partition coefficient (Wildman–Crippen LogP) is 5.53. The van der Waals surface area contributed by atoms with Gasteiger partial charge in [0.05, 0.1) is 58.8 Å². The van der Waals surface area contributed by atoms with Gasteiger partial charge in [-0.3, -0.25) is 4.79 Å². The van der Waals surface area contributed by atoms with E-state index in [4.69, 9.17) is 0 Å². The van der Waals surface area contributed by atoms with Gasteiger partial charge >= 0.3 is 12.4 Å². The lowest BCUT2D eigenvalue weighted by atomic mass is 9.81. The lowest BCUT2D eigenvalue weighted by Crippen LogP contribution is -2.42. The summed E-state index contributed by atoms with van der Waals surface area (Å²) in [5.74, 6) is -0.509. The van der Waals surface area contributed by atoms with Crippen LogP contribution >= 0.6 is 0 Å². The van der Waals surface area contributed by atoms with Crippen molar-refractivity contribution in [1.29, 1.82) is 5.26 Å². The van der Waals surface area contributed by atoms with Gasteiger partial charge < -0.3 is 20.0 Å². The summed E-state index contributed by atoms with van der Waals surface area (Å²) in [7, 11) is 1.31. The summed E-state index contributed by atoms with van der Waals surface area (Å²) in [6, 6.07) is 10.7. The Labute approximate surface area is 243 Å². The summed E-state index contributed by atoms with van der Waals surface area (Å²) in [5.41, 5.74) is -4.37. The maximum Gasteiger partial charge on any atom is 0.416 e. The number of alkyl halides is 6. The molecule has 0 spiro atoms. The molecule has 4 rings (SSSR count). The molecule has 1 fully saturated rings. The van der Waals surface area contributed by atoms with Gasteiger partial charge in [-0.15, -0.1) is 0 Å². The Hall–Kier alpha value is -4.15. The van der Waals surface area contributed by atoms with Crippen molar-refractivity contribution in [2.75, 3.05) is 30.0 Å². The van der Waals surface area contributed by atoms with Crippen molar-refractivity contribution in [3.05, 3.63) is 77.0 Å². The molecule has 0 saturated carbocycles. The van der Waals surface area contributed by atoms with Crippen molar-refractivity contribution >= 4 is 17.4 Å². The number of β-amino-alcohol motifs (C(OH)–C–C–N with tert-alkyl or cyclic N) is 1. The average molecular weight is 607 g/mol. The number of anilines is 2. The van der Waals surface area contributed by atoms with Crippen LogP contribution in [0.4, 0.5) is 37.8 Å². The highest BCUT2D eigenvalue weighted by atomic mass is 19.4. The maximum absolute atomic E-state index is 13.9. The van der Waals surface area contributed by atoms with Crippen LogP contribution in [0.2, 0.25) is 0 Å². The zero-order valence-electron chi connectivity index (χ0n) is 23.3. The normalized spacial score (nSPS) is 17.6. The summed E-state index contributed by atoms with van der Waals surface area (Å²) in [4.78, 5) is 21.1. The lowest BCUT2D eigenvalue weighted by molar-refractivity contribution is -0.143. The number of carbonyl (C=O) groups is 1. The Morgan fingerprint density at radius 2 is 1.60 bits per heavy atom. The summed E-state index contributed by atoms with van der Waals surface area (Å²) in [5, 5.41) is 29.8. The van der Waals surface area contributed by atoms with Gasteiger partial charge in [0.1, 0.15) is 5.82 Å². The smallest absolute Gasteiger partial charge is 0.394 e. The number of halogens is 6. The van der Waals surface area contributed by atoms with Crippen LogP contribution < -0.4 is 9.80 Å². The molecule has 13 heteroatoms. The standard InChI is InChI=1S/C30H28F6N4O3/c1-28(2,18-8-19(29(31,32)33)10-20(9-18)30(34,35)36)27(43)39(3)25-14-38-26(40-15-22(42)11-21(40)16-41)12-24(25)23-7-5-4-6-17(23)13-37/h4-10,12,14,21-22,41-42H,11,15-16H2,1-3H3/t21-,22-/m0/s1. The monoisotopic (exact) mass is 606 g/mol. The Balaban J connectivity index is 1.85. The lowest BCUT2D eigenvalue weighted by Gasteiger charge is -2.32. The molecule has 7 nitrogen and oxygen atoms in total. The van der Waals surface area contributed by atoms with E-state index in [1.807, 2.05) is 0 Å². The second kappa shape index (κ2) is 11.5. The van der Waals surface area contributed by atoms with Gasteiger partial charge in [0.2, 0.25) is 5.91 Å². The molecule has 228 valence electrons. The van der Waals surface area contributed by atoms with Crippen LogP contribution in [0.1, 0.15) is 42.5 Å². The third kappa shape index (κ3) is 6.30. The van der Waals surface area contributed by atoms with Crippen molar-refractivity contribution in [2.24, 2.45) is 0 Å². The number of rotatable bonds is 6. The van der Waals surface area contributed by atoms with Crippen molar-refractivity contribution in [2.45, 2.75) is 50.2 Å². The molecule has 1 amide bonds. The highest BCUT2D eigenvalue weighted by Gasteiger charge is 2.41. The number of likely N-dealkylation sites (N-methyl/N-ethyl adjacent to an activating group) is 1. The third-order valence-electron chi connectivity index (χ3n) is 7.61. The molecule has 0 aliphatic carbocycles. The first-order chi connectivity index (χ1) is 20.0. The molecule has 2 heterocycles. The second-order valence-electron chi connectivity index (χ2n) is 10.9. The fourth-order valence-corrected chi connectivity index (χ4v) is 5.21. The summed E-state index contributed by atoms with van der Waals surface area (Å²) >= 11 is 0. The molecule has 2 atom stereocenters. The first kappa shape index (κ1) is 31.8. The molecule has 1 aliphatic rings. The summed E-state index contributed by atoms with van der Waals surface area (Å²) in [6.07, 6.45) is -9.32. The molecule has 0 bridgehead atoms. The van der Waals surface area contributed by atoms with Gasteiger partial charge in [-0.25, -0.2) is 4.98 Å². The van der Waals surface area contributed by atoms with E-state index in [1.165, 1.54) is 27.1 Å². The highest BCUT2D eigenvalue weighted by Crippen LogP contribution is 2.41. The Kier molecular flexibility index (Phi) is 8.50. The van der Waals surface area contributed by atoms with E-state index >= 15 is 0 Å². The van der Waals surface area contributed by atoms with Crippen molar-refractivity contribution < 1.29 is 41.4 Å². The molecule has 1 aliphatic heterocycles. The van der Waals surface area contributed by atoms with E-state index in [-0.39, 0.29) is 36.9 Å². The number of hydrogen-bond donors (Lipinski definition) is 2. The molecule has 1 saturated heterocycles. The minimum atomic E-state index is -5.09. The average Bonchev–Trinajstić information content (AvgIpc) is 3.35. The molecule has 0 radical (unpaired) electrons. The van der Waals surface area contributed by atoms with Gasteiger partial charge in [0, 0.05) is 24.7 Å². The van der Waals surface area contributed by atoms with Crippen LogP contribution in [0.25, 0.3) is 11.1 Å². The number of aliphatic hydroxyl groups is 2. The SMILES string of the molecule is CN(C(=O)C(C)(C)c1cc(C(F)(F)F)cc(C(F)(F)F)c1)c1cnc(N2C[C@@H](O)C[C@H]2CO)cc1-c1ccccc1C#N. The number of hydrogen-bond acceptors (Lipinski definition) is 6. The van der Waals surface area contributed by atoms with Gasteiger partial charge in [-0.1, -0.05) is 18.2 Å². The molecule has 2 N–H and O–H groups in total. The number of aliphatic hydroxyl groups excluding tert-OH is 2. The minimum absolute atomic E-state index is 0.00226. The number of carbonyl (C=O) groups excluding carboxylic acids is 1. The Morgan fingerprint density at radius 1 is 1.02 bits per heavy atom. The number of nitrogens with zero attached hydrogens (tertiary/aromatic N) is 4. The number of nitriles is 1. The first-order valence-electron chi connectivity index (χ1n) is 13.1. The maximum atomic E-state index is 13.9. The van der Waals surface area contributed by atoms with Crippen LogP contribution in [0.5, 0.6) is 0 Å². The molecular weight excluding hydrogens is 578 g/mol. The zero-order chi connectivity index (χ0) is 31.9. The van der Waals surface area contributed by atoms with Gasteiger partial charge in [-0.05, 0) is 56.2 Å². The number of benzene rings is 2. The summed E-state index contributed by atoms with van der Waals surface area (Å²) in [6.45, 7) is 2.34. The topological polar surface area (TPSA) is 101 Å². The second-order valence-corrected chi connectivity index (χ2v) is 10.9. The van der Waals surface area contributed by atoms with E-state index in [0.29, 0.717) is 29.1 Å². The van der Waals surface area contributed by atoms with E-state index in [1.54, 1.807) is 35.2 Å². The van der Waals surface area contributed by atoms with Gasteiger partial charge in [-0.2, -0.15) is 31.6 Å². The van der Waals surface area contributed by atoms with Crippen LogP contribution in [0, 0.1) is 11.3 Å². The Bertz CT molecular complexity index is 1530. The van der Waals surface area contributed by atoms with Crippen LogP contribution in [-0.4, -0.2) is 53.4 Å². The fourth-order valence-electron chi connectivity index (χ4n) is 5.21. The van der Waals surface area contributed by atoms with E-state index in [9.17, 15) is 46.6 Å². The van der Waals surface area contributed by atoms with Crippen LogP contribution in [-0.2, 0) is 22.6 Å². The largest absolute Gasteiger partial charge is 0.416 e. The third-order valence-corrected chi connectivity index (χ3v) is 7.61. The molecule has 43 heavy (non-hydrogen) atoms. The quantitative estimate of drug-likeness (QED) is 0.358. The van der Waals surface area contributed by atoms with Crippen molar-refractivity contribution in [3.63, 3.8) is 0 Å². The van der Waals surface area contributed by atoms with E-state index in [0.717, 1.165) is 4.90 Å². The van der Waals surface area contributed by atoms with Crippen LogP contribution in [0.3, 0.4) is 0 Å². The molecular formula is C30H28F6N4O3. The predicted molar refractivity (Wildman–Crippen MR) is 146 cm³/mol. The van der Waals surface area contributed by atoms with E-state index in [2.05, 4.69) is 11.1 Å². The molecule has 2 aromatic carbocycles.